The molecule has 3 N–H and O–H groups in total. The van der Waals surface area contributed by atoms with Crippen LogP contribution in [0.25, 0.3) is 10.9 Å². The lowest BCUT2D eigenvalue weighted by Crippen LogP contribution is -1.90. The average molecular weight is 365 g/mol. The highest BCUT2D eigenvalue weighted by atomic mass is 79.9. The van der Waals surface area contributed by atoms with Crippen molar-refractivity contribution < 1.29 is 5.11 Å². The Kier molecular flexibility index (Phi) is 3.86. The molecule has 3 rings (SSSR count). The summed E-state index contributed by atoms with van der Waals surface area (Å²) in [5, 5.41) is 15.6. The Balaban J connectivity index is 1.84. The highest BCUT2D eigenvalue weighted by molar-refractivity contribution is 9.10. The minimum atomic E-state index is 0.169. The lowest BCUT2D eigenvalue weighted by molar-refractivity contribution is 0.480. The van der Waals surface area contributed by atoms with Crippen molar-refractivity contribution in [3.05, 3.63) is 57.7 Å². The van der Waals surface area contributed by atoms with Crippen LogP contribution in [0.3, 0.4) is 0 Å². The summed E-state index contributed by atoms with van der Waals surface area (Å²) in [5.74, 6) is 0.169. The maximum atomic E-state index is 10.2. The molecule has 1 aromatic heterocycles. The molecule has 0 radical (unpaired) electrons. The van der Waals surface area contributed by atoms with E-state index in [4.69, 9.17) is 11.6 Å². The minimum Gasteiger partial charge on any atom is -0.505 e. The summed E-state index contributed by atoms with van der Waals surface area (Å²) >= 11 is 9.27. The molecule has 1 heterocycles. The van der Waals surface area contributed by atoms with E-state index < -0.39 is 0 Å². The Bertz CT molecular complexity index is 829. The largest absolute Gasteiger partial charge is 0.505 e. The van der Waals surface area contributed by atoms with E-state index in [1.165, 1.54) is 6.21 Å². The number of aromatic nitrogens is 1. The second-order valence-electron chi connectivity index (χ2n) is 4.46. The fraction of sp³-hybridized carbons (Fsp3) is 0. The van der Waals surface area contributed by atoms with E-state index in [-0.39, 0.29) is 5.75 Å². The first-order valence-corrected chi connectivity index (χ1v) is 7.35. The molecule has 2 aromatic carbocycles. The van der Waals surface area contributed by atoms with E-state index in [1.807, 2.05) is 30.3 Å². The first kappa shape index (κ1) is 14.0. The van der Waals surface area contributed by atoms with Crippen LogP contribution in [0.5, 0.6) is 5.75 Å². The van der Waals surface area contributed by atoms with Crippen LogP contribution in [0.4, 0.5) is 5.69 Å². The number of anilines is 1. The maximum Gasteiger partial charge on any atom is 0.150 e. The lowest BCUT2D eigenvalue weighted by atomic mass is 10.2. The maximum absolute atomic E-state index is 10.2. The van der Waals surface area contributed by atoms with Crippen LogP contribution in [0.15, 0.2) is 52.0 Å². The summed E-state index contributed by atoms with van der Waals surface area (Å²) in [4.78, 5) is 3.10. The van der Waals surface area contributed by atoms with E-state index in [9.17, 15) is 5.11 Å². The van der Waals surface area contributed by atoms with Crippen molar-refractivity contribution in [3.63, 3.8) is 0 Å². The normalized spacial score (nSPS) is 11.3. The van der Waals surface area contributed by atoms with E-state index >= 15 is 0 Å². The molecule has 0 aliphatic carbocycles. The summed E-state index contributed by atoms with van der Waals surface area (Å²) in [7, 11) is 0. The number of aromatic amines is 1. The van der Waals surface area contributed by atoms with Crippen LogP contribution < -0.4 is 5.43 Å². The van der Waals surface area contributed by atoms with Gasteiger partial charge in [-0.3, -0.25) is 5.43 Å². The molecule has 21 heavy (non-hydrogen) atoms. The third-order valence-electron chi connectivity index (χ3n) is 2.97. The van der Waals surface area contributed by atoms with Gasteiger partial charge < -0.3 is 10.1 Å². The van der Waals surface area contributed by atoms with Crippen LogP contribution in [-0.2, 0) is 0 Å². The molecule has 0 amide bonds. The Morgan fingerprint density at radius 2 is 2.10 bits per heavy atom. The zero-order valence-electron chi connectivity index (χ0n) is 10.8. The monoisotopic (exact) mass is 363 g/mol. The third-order valence-corrected chi connectivity index (χ3v) is 3.70. The van der Waals surface area contributed by atoms with Crippen molar-refractivity contribution in [1.82, 2.24) is 4.98 Å². The van der Waals surface area contributed by atoms with Crippen LogP contribution in [0.1, 0.15) is 5.69 Å². The van der Waals surface area contributed by atoms with Gasteiger partial charge in [-0.25, -0.2) is 0 Å². The number of hydrogen-bond acceptors (Lipinski definition) is 3. The van der Waals surface area contributed by atoms with Gasteiger partial charge in [-0.05, 0) is 36.4 Å². The summed E-state index contributed by atoms with van der Waals surface area (Å²) in [6, 6.07) is 12.9. The number of benzene rings is 2. The molecule has 4 nitrogen and oxygen atoms in total. The molecule has 0 spiro atoms. The summed E-state index contributed by atoms with van der Waals surface area (Å²) in [6.45, 7) is 0. The van der Waals surface area contributed by atoms with E-state index in [2.05, 4.69) is 31.4 Å². The number of fused-ring (bicyclic) bond motifs is 1. The molecule has 0 unspecified atom stereocenters. The number of H-pyrrole nitrogens is 1. The molecule has 0 fully saturated rings. The average Bonchev–Trinajstić information content (AvgIpc) is 2.76. The quantitative estimate of drug-likeness (QED) is 0.464. The van der Waals surface area contributed by atoms with Crippen molar-refractivity contribution >= 4 is 50.3 Å². The molecular weight excluding hydrogens is 354 g/mol. The summed E-state index contributed by atoms with van der Waals surface area (Å²) < 4.78 is 0.907. The Morgan fingerprint density at radius 3 is 2.90 bits per heavy atom. The first-order valence-electron chi connectivity index (χ1n) is 6.18. The SMILES string of the molecule is Oc1c(/C=N/Nc2cccc(Cl)c2)[nH]c2ccc(Br)cc12. The van der Waals surface area contributed by atoms with Gasteiger partial charge in [0, 0.05) is 20.4 Å². The highest BCUT2D eigenvalue weighted by Crippen LogP contribution is 2.30. The fourth-order valence-corrected chi connectivity index (χ4v) is 2.54. The summed E-state index contributed by atoms with van der Waals surface area (Å²) in [5.41, 5.74) is 5.02. The van der Waals surface area contributed by atoms with Gasteiger partial charge in [-0.2, -0.15) is 5.10 Å². The smallest absolute Gasteiger partial charge is 0.150 e. The number of halogens is 2. The number of aromatic hydroxyl groups is 1. The van der Waals surface area contributed by atoms with Gasteiger partial charge in [0.1, 0.15) is 11.4 Å². The molecule has 0 saturated carbocycles. The van der Waals surface area contributed by atoms with Crippen LogP contribution >= 0.6 is 27.5 Å². The van der Waals surface area contributed by atoms with E-state index in [1.54, 1.807) is 12.1 Å². The number of hydrogen-bond donors (Lipinski definition) is 3. The van der Waals surface area contributed by atoms with Crippen molar-refractivity contribution in [2.24, 2.45) is 5.10 Å². The molecule has 3 aromatic rings. The predicted octanol–water partition coefficient (Wildman–Crippen LogP) is 4.74. The van der Waals surface area contributed by atoms with Crippen molar-refractivity contribution in [3.8, 4) is 5.75 Å². The standard InChI is InChI=1S/C15H11BrClN3O/c16-9-4-5-13-12(6-9)15(21)14(19-13)8-18-20-11-3-1-2-10(17)7-11/h1-8,19-21H/b18-8+. The van der Waals surface area contributed by atoms with E-state index in [0.717, 1.165) is 21.1 Å². The van der Waals surface area contributed by atoms with Crippen LogP contribution in [-0.4, -0.2) is 16.3 Å². The van der Waals surface area contributed by atoms with Crippen molar-refractivity contribution in [2.45, 2.75) is 0 Å². The fourth-order valence-electron chi connectivity index (χ4n) is 1.99. The zero-order valence-corrected chi connectivity index (χ0v) is 13.1. The Morgan fingerprint density at radius 1 is 1.24 bits per heavy atom. The molecule has 6 heteroatoms. The van der Waals surface area contributed by atoms with Gasteiger partial charge in [0.2, 0.25) is 0 Å². The zero-order chi connectivity index (χ0) is 14.8. The molecule has 0 atom stereocenters. The Hall–Kier alpha value is -1.98. The van der Waals surface area contributed by atoms with Crippen molar-refractivity contribution in [1.29, 1.82) is 0 Å². The van der Waals surface area contributed by atoms with Gasteiger partial charge in [0.15, 0.2) is 0 Å². The highest BCUT2D eigenvalue weighted by Gasteiger charge is 2.08. The Labute approximate surface area is 134 Å². The third kappa shape index (κ3) is 3.04. The van der Waals surface area contributed by atoms with Crippen molar-refractivity contribution in [2.75, 3.05) is 5.43 Å². The number of nitrogens with zero attached hydrogens (tertiary/aromatic N) is 1. The molecule has 0 saturated heterocycles. The lowest BCUT2D eigenvalue weighted by Gasteiger charge is -1.99. The van der Waals surface area contributed by atoms with Gasteiger partial charge >= 0.3 is 0 Å². The predicted molar refractivity (Wildman–Crippen MR) is 90.3 cm³/mol. The van der Waals surface area contributed by atoms with Crippen LogP contribution in [0.2, 0.25) is 5.02 Å². The van der Waals surface area contributed by atoms with Gasteiger partial charge in [-0.15, -0.1) is 0 Å². The van der Waals surface area contributed by atoms with Gasteiger partial charge in [-0.1, -0.05) is 33.6 Å². The van der Waals surface area contributed by atoms with Gasteiger partial charge in [0.05, 0.1) is 11.9 Å². The molecule has 106 valence electrons. The number of nitrogens with one attached hydrogen (secondary N) is 2. The summed E-state index contributed by atoms with van der Waals surface area (Å²) in [6.07, 6.45) is 1.53. The molecular formula is C15H11BrClN3O. The minimum absolute atomic E-state index is 0.169. The second-order valence-corrected chi connectivity index (χ2v) is 5.81. The first-order chi connectivity index (χ1) is 10.1. The second kappa shape index (κ2) is 5.79. The van der Waals surface area contributed by atoms with Gasteiger partial charge in [0.25, 0.3) is 0 Å². The molecule has 0 aliphatic heterocycles. The molecule has 0 aliphatic rings. The topological polar surface area (TPSA) is 60.4 Å². The van der Waals surface area contributed by atoms with Crippen LogP contribution in [0, 0.1) is 0 Å². The molecule has 0 bridgehead atoms. The van der Waals surface area contributed by atoms with E-state index in [0.29, 0.717) is 10.7 Å². The number of hydrazone groups is 1. The number of rotatable bonds is 3.